The second-order valence-corrected chi connectivity index (χ2v) is 5.43. The van der Waals surface area contributed by atoms with Crippen LogP contribution in [0.4, 0.5) is 9.52 Å². The molecule has 0 unspecified atom stereocenters. The Labute approximate surface area is 136 Å². The minimum Gasteiger partial charge on any atom is -0.494 e. The number of aromatic nitrogens is 2. The zero-order valence-corrected chi connectivity index (χ0v) is 13.3. The summed E-state index contributed by atoms with van der Waals surface area (Å²) in [6.07, 6.45) is 2.00. The molecule has 0 radical (unpaired) electrons. The zero-order valence-electron chi connectivity index (χ0n) is 12.5. The number of carbonyl (C=O) groups is 1. The van der Waals surface area contributed by atoms with Crippen molar-refractivity contribution in [2.24, 2.45) is 0 Å². The number of hydrogen-bond acceptors (Lipinski definition) is 6. The van der Waals surface area contributed by atoms with E-state index in [1.165, 1.54) is 36.7 Å². The summed E-state index contributed by atoms with van der Waals surface area (Å²) in [5, 5.41) is 20.4. The summed E-state index contributed by atoms with van der Waals surface area (Å²) in [4.78, 5) is 12.1. The Bertz CT molecular complexity index is 795. The van der Waals surface area contributed by atoms with Crippen molar-refractivity contribution in [3.05, 3.63) is 40.2 Å². The first kappa shape index (κ1) is 16.6. The number of nitrogens with zero attached hydrogens (tertiary/aromatic N) is 3. The van der Waals surface area contributed by atoms with Gasteiger partial charge in [-0.25, -0.2) is 4.39 Å². The van der Waals surface area contributed by atoms with Gasteiger partial charge in [0.1, 0.15) is 16.6 Å². The van der Waals surface area contributed by atoms with E-state index in [9.17, 15) is 9.18 Å². The quantitative estimate of drug-likeness (QED) is 0.672. The number of methoxy groups -OCH3 is 1. The predicted octanol–water partition coefficient (Wildman–Crippen LogP) is 2.79. The van der Waals surface area contributed by atoms with Gasteiger partial charge in [-0.15, -0.1) is 10.2 Å². The van der Waals surface area contributed by atoms with Gasteiger partial charge in [-0.3, -0.25) is 10.1 Å². The molecule has 0 aliphatic heterocycles. The monoisotopic (exact) mass is 332 g/mol. The summed E-state index contributed by atoms with van der Waals surface area (Å²) in [7, 11) is 1.36. The fourth-order valence-electron chi connectivity index (χ4n) is 1.70. The van der Waals surface area contributed by atoms with E-state index in [4.69, 9.17) is 10.00 Å². The Hall–Kier alpha value is -2.79. The highest BCUT2D eigenvalue weighted by Gasteiger charge is 2.13. The molecule has 2 aromatic rings. The number of halogens is 1. The van der Waals surface area contributed by atoms with E-state index in [1.807, 2.05) is 6.92 Å². The molecule has 0 atom stereocenters. The van der Waals surface area contributed by atoms with Gasteiger partial charge in [0.2, 0.25) is 5.13 Å². The average Bonchev–Trinajstić information content (AvgIpc) is 3.00. The number of amides is 1. The van der Waals surface area contributed by atoms with Crippen LogP contribution in [0.3, 0.4) is 0 Å². The van der Waals surface area contributed by atoms with E-state index in [0.717, 1.165) is 5.01 Å². The molecule has 2 rings (SSSR count). The van der Waals surface area contributed by atoms with Crippen molar-refractivity contribution >= 4 is 28.5 Å². The Morgan fingerprint density at radius 3 is 2.87 bits per heavy atom. The average molecular weight is 332 g/mol. The lowest BCUT2D eigenvalue weighted by Crippen LogP contribution is -2.13. The smallest absolute Gasteiger partial charge is 0.268 e. The van der Waals surface area contributed by atoms with Gasteiger partial charge in [0.25, 0.3) is 5.91 Å². The molecule has 23 heavy (non-hydrogen) atoms. The third-order valence-electron chi connectivity index (χ3n) is 2.84. The lowest BCUT2D eigenvalue weighted by Gasteiger charge is -2.03. The Kier molecular flexibility index (Phi) is 5.38. The first-order valence-electron chi connectivity index (χ1n) is 6.66. The van der Waals surface area contributed by atoms with Crippen LogP contribution >= 0.6 is 11.3 Å². The zero-order chi connectivity index (χ0) is 16.8. The van der Waals surface area contributed by atoms with E-state index in [1.54, 1.807) is 12.1 Å². The fraction of sp³-hybridized carbons (Fsp3) is 0.200. The Morgan fingerprint density at radius 1 is 1.52 bits per heavy atom. The van der Waals surface area contributed by atoms with Crippen molar-refractivity contribution in [2.45, 2.75) is 13.3 Å². The summed E-state index contributed by atoms with van der Waals surface area (Å²) in [6, 6.07) is 5.95. The summed E-state index contributed by atoms with van der Waals surface area (Å²) in [5.74, 6) is -1.11. The molecule has 0 bridgehead atoms. The SMILES string of the molecule is CCc1nnc(NC(=O)C(C#N)=Cc2ccc(OC)c(F)c2)s1. The normalized spacial score (nSPS) is 11.0. The van der Waals surface area contributed by atoms with Gasteiger partial charge in [-0.05, 0) is 30.2 Å². The molecule has 1 amide bonds. The van der Waals surface area contributed by atoms with Crippen molar-refractivity contribution in [1.29, 1.82) is 5.26 Å². The van der Waals surface area contributed by atoms with Crippen LogP contribution in [-0.2, 0) is 11.2 Å². The molecule has 0 aliphatic carbocycles. The van der Waals surface area contributed by atoms with Crippen LogP contribution in [0.25, 0.3) is 6.08 Å². The molecule has 0 saturated heterocycles. The second-order valence-electron chi connectivity index (χ2n) is 4.37. The third kappa shape index (κ3) is 4.11. The minimum absolute atomic E-state index is 0.0889. The van der Waals surface area contributed by atoms with Crippen molar-refractivity contribution in [2.75, 3.05) is 12.4 Å². The van der Waals surface area contributed by atoms with E-state index in [2.05, 4.69) is 15.5 Å². The van der Waals surface area contributed by atoms with Crippen molar-refractivity contribution in [3.63, 3.8) is 0 Å². The molecule has 0 fully saturated rings. The van der Waals surface area contributed by atoms with Crippen LogP contribution in [0.15, 0.2) is 23.8 Å². The number of aryl methyl sites for hydroxylation is 1. The van der Waals surface area contributed by atoms with Crippen LogP contribution in [0.1, 0.15) is 17.5 Å². The van der Waals surface area contributed by atoms with Gasteiger partial charge < -0.3 is 4.74 Å². The molecular weight excluding hydrogens is 319 g/mol. The largest absolute Gasteiger partial charge is 0.494 e. The number of nitrogens with one attached hydrogen (secondary N) is 1. The van der Waals surface area contributed by atoms with Crippen LogP contribution < -0.4 is 10.1 Å². The van der Waals surface area contributed by atoms with Gasteiger partial charge in [-0.1, -0.05) is 24.3 Å². The number of nitriles is 1. The van der Waals surface area contributed by atoms with Crippen LogP contribution in [0.5, 0.6) is 5.75 Å². The van der Waals surface area contributed by atoms with Crippen molar-refractivity contribution < 1.29 is 13.9 Å². The first-order chi connectivity index (χ1) is 11.1. The number of anilines is 1. The highest BCUT2D eigenvalue weighted by Crippen LogP contribution is 2.20. The molecule has 8 heteroatoms. The van der Waals surface area contributed by atoms with E-state index >= 15 is 0 Å². The maximum absolute atomic E-state index is 13.6. The van der Waals surface area contributed by atoms with Crippen molar-refractivity contribution in [3.8, 4) is 11.8 Å². The Balaban J connectivity index is 2.19. The van der Waals surface area contributed by atoms with Gasteiger partial charge in [0, 0.05) is 0 Å². The molecule has 1 heterocycles. The molecular formula is C15H13FN4O2S. The number of benzene rings is 1. The highest BCUT2D eigenvalue weighted by atomic mass is 32.1. The van der Waals surface area contributed by atoms with E-state index in [-0.39, 0.29) is 11.3 Å². The van der Waals surface area contributed by atoms with Gasteiger partial charge in [0.15, 0.2) is 11.6 Å². The third-order valence-corrected chi connectivity index (χ3v) is 3.82. The standard InChI is InChI=1S/C15H13FN4O2S/c1-3-13-19-20-15(23-13)18-14(21)10(8-17)6-9-4-5-12(22-2)11(16)7-9/h4-7H,3H2,1-2H3,(H,18,20,21). The Morgan fingerprint density at radius 2 is 2.30 bits per heavy atom. The molecule has 1 aromatic heterocycles. The number of ether oxygens (including phenoxy) is 1. The summed E-state index contributed by atoms with van der Waals surface area (Å²) < 4.78 is 18.5. The van der Waals surface area contributed by atoms with Crippen LogP contribution in [0.2, 0.25) is 0 Å². The van der Waals surface area contributed by atoms with Gasteiger partial charge >= 0.3 is 0 Å². The maximum atomic E-state index is 13.6. The number of rotatable bonds is 5. The summed E-state index contributed by atoms with van der Waals surface area (Å²) in [5.41, 5.74) is 0.212. The minimum atomic E-state index is -0.623. The van der Waals surface area contributed by atoms with Crippen LogP contribution in [0, 0.1) is 17.1 Å². The second kappa shape index (κ2) is 7.47. The molecule has 1 aromatic carbocycles. The van der Waals surface area contributed by atoms with Gasteiger partial charge in [-0.2, -0.15) is 5.26 Å². The number of carbonyl (C=O) groups excluding carboxylic acids is 1. The molecule has 0 saturated carbocycles. The molecule has 1 N–H and O–H groups in total. The van der Waals surface area contributed by atoms with Crippen molar-refractivity contribution in [1.82, 2.24) is 10.2 Å². The summed E-state index contributed by atoms with van der Waals surface area (Å²) in [6.45, 7) is 1.92. The van der Waals surface area contributed by atoms with E-state index in [0.29, 0.717) is 17.1 Å². The maximum Gasteiger partial charge on any atom is 0.268 e. The highest BCUT2D eigenvalue weighted by molar-refractivity contribution is 7.15. The molecule has 0 spiro atoms. The first-order valence-corrected chi connectivity index (χ1v) is 7.48. The summed E-state index contributed by atoms with van der Waals surface area (Å²) >= 11 is 1.24. The predicted molar refractivity (Wildman–Crippen MR) is 84.5 cm³/mol. The molecule has 6 nitrogen and oxygen atoms in total. The van der Waals surface area contributed by atoms with Gasteiger partial charge in [0.05, 0.1) is 7.11 Å². The lowest BCUT2D eigenvalue weighted by molar-refractivity contribution is -0.112. The molecule has 118 valence electrons. The van der Waals surface area contributed by atoms with E-state index < -0.39 is 11.7 Å². The van der Waals surface area contributed by atoms with Crippen LogP contribution in [-0.4, -0.2) is 23.2 Å². The lowest BCUT2D eigenvalue weighted by atomic mass is 10.1. The topological polar surface area (TPSA) is 87.9 Å². The number of hydrogen-bond donors (Lipinski definition) is 1. The fourth-order valence-corrected chi connectivity index (χ4v) is 2.37. The molecule has 0 aliphatic rings.